The van der Waals surface area contributed by atoms with Crippen LogP contribution in [0.25, 0.3) is 0 Å². The summed E-state index contributed by atoms with van der Waals surface area (Å²) in [7, 11) is 0. The van der Waals surface area contributed by atoms with Crippen LogP contribution in [0.5, 0.6) is 0 Å². The van der Waals surface area contributed by atoms with Crippen molar-refractivity contribution < 1.29 is 9.53 Å². The van der Waals surface area contributed by atoms with Crippen LogP contribution >= 0.6 is 11.6 Å². The molecule has 1 aliphatic rings. The Morgan fingerprint density at radius 1 is 1.30 bits per heavy atom. The fourth-order valence-electron chi connectivity index (χ4n) is 2.12. The Hall–Kier alpha value is -1.48. The summed E-state index contributed by atoms with van der Waals surface area (Å²) >= 11 is 5.89. The number of rotatable bonds is 1. The average Bonchev–Trinajstić information content (AvgIpc) is 2.38. The van der Waals surface area contributed by atoms with E-state index in [2.05, 4.69) is 0 Å². The number of carbonyl (C=O) groups excluding carboxylic acids is 1. The van der Waals surface area contributed by atoms with Gasteiger partial charge >= 0.3 is 6.09 Å². The molecule has 1 atom stereocenters. The molecule has 1 aromatic carbocycles. The number of ether oxygens (including phenoxy) is 1. The Labute approximate surface area is 125 Å². The van der Waals surface area contributed by atoms with Crippen LogP contribution in [0, 0.1) is 0 Å². The second-order valence-electron chi connectivity index (χ2n) is 5.96. The van der Waals surface area contributed by atoms with Crippen molar-refractivity contribution >= 4 is 17.7 Å². The quantitative estimate of drug-likeness (QED) is 0.758. The molecule has 1 aliphatic heterocycles. The van der Waals surface area contributed by atoms with Crippen LogP contribution in [-0.2, 0) is 4.74 Å². The molecule has 108 valence electrons. The van der Waals surface area contributed by atoms with Gasteiger partial charge in [0, 0.05) is 23.7 Å². The van der Waals surface area contributed by atoms with Crippen LogP contribution in [0.4, 0.5) is 4.79 Å². The lowest BCUT2D eigenvalue weighted by Gasteiger charge is -2.29. The molecular weight excluding hydrogens is 274 g/mol. The van der Waals surface area contributed by atoms with E-state index in [0.29, 0.717) is 12.5 Å². The molecule has 0 bridgehead atoms. The third-order valence-electron chi connectivity index (χ3n) is 3.11. The molecule has 0 saturated heterocycles. The Bertz CT molecular complexity index is 502. The molecular formula is C16H20ClNO2. The highest BCUT2D eigenvalue weighted by atomic mass is 35.5. The number of carbonyl (C=O) groups is 1. The smallest absolute Gasteiger partial charge is 0.414 e. The summed E-state index contributed by atoms with van der Waals surface area (Å²) in [6, 6.07) is 7.84. The number of allylic oxidation sites excluding steroid dienone is 1. The number of hydrogen-bond donors (Lipinski definition) is 0. The van der Waals surface area contributed by atoms with Gasteiger partial charge in [-0.15, -0.1) is 0 Å². The molecule has 0 aliphatic carbocycles. The van der Waals surface area contributed by atoms with Crippen molar-refractivity contribution in [1.29, 1.82) is 0 Å². The van der Waals surface area contributed by atoms with Crippen LogP contribution in [0.1, 0.15) is 38.7 Å². The van der Waals surface area contributed by atoms with Crippen LogP contribution in [-0.4, -0.2) is 23.1 Å². The predicted molar refractivity (Wildman–Crippen MR) is 80.9 cm³/mol. The van der Waals surface area contributed by atoms with Crippen molar-refractivity contribution in [3.63, 3.8) is 0 Å². The Balaban J connectivity index is 2.00. The molecule has 0 spiro atoms. The van der Waals surface area contributed by atoms with Gasteiger partial charge in [0.2, 0.25) is 0 Å². The van der Waals surface area contributed by atoms with Gasteiger partial charge in [-0.3, -0.25) is 4.90 Å². The van der Waals surface area contributed by atoms with Gasteiger partial charge < -0.3 is 4.74 Å². The summed E-state index contributed by atoms with van der Waals surface area (Å²) < 4.78 is 5.35. The third-order valence-corrected chi connectivity index (χ3v) is 3.36. The SMILES string of the molecule is CC(C)(C)OC(=O)N1C=CC(c2ccc(Cl)cc2)CC1. The lowest BCUT2D eigenvalue weighted by molar-refractivity contribution is 0.0324. The minimum absolute atomic E-state index is 0.289. The number of hydrogen-bond acceptors (Lipinski definition) is 2. The molecule has 1 heterocycles. The molecule has 3 nitrogen and oxygen atoms in total. The molecule has 0 radical (unpaired) electrons. The maximum Gasteiger partial charge on any atom is 0.414 e. The highest BCUT2D eigenvalue weighted by molar-refractivity contribution is 6.30. The monoisotopic (exact) mass is 293 g/mol. The summed E-state index contributed by atoms with van der Waals surface area (Å²) in [6.07, 6.45) is 4.45. The van der Waals surface area contributed by atoms with Gasteiger partial charge in [0.05, 0.1) is 0 Å². The molecule has 1 aromatic rings. The fourth-order valence-corrected chi connectivity index (χ4v) is 2.24. The highest BCUT2D eigenvalue weighted by Crippen LogP contribution is 2.27. The van der Waals surface area contributed by atoms with E-state index in [1.54, 1.807) is 4.90 Å². The van der Waals surface area contributed by atoms with Gasteiger partial charge in [-0.2, -0.15) is 0 Å². The van der Waals surface area contributed by atoms with Crippen molar-refractivity contribution in [2.24, 2.45) is 0 Å². The largest absolute Gasteiger partial charge is 0.443 e. The summed E-state index contributed by atoms with van der Waals surface area (Å²) in [5, 5.41) is 0.740. The maximum absolute atomic E-state index is 11.9. The zero-order valence-electron chi connectivity index (χ0n) is 12.1. The number of halogens is 1. The molecule has 0 fully saturated rings. The van der Waals surface area contributed by atoms with Crippen LogP contribution < -0.4 is 0 Å². The lowest BCUT2D eigenvalue weighted by atomic mass is 9.94. The Kier molecular flexibility index (Phi) is 4.39. The van der Waals surface area contributed by atoms with Crippen molar-refractivity contribution in [2.75, 3.05) is 6.54 Å². The second-order valence-corrected chi connectivity index (χ2v) is 6.40. The lowest BCUT2D eigenvalue weighted by Crippen LogP contribution is -2.36. The van der Waals surface area contributed by atoms with E-state index in [1.807, 2.05) is 57.3 Å². The zero-order chi connectivity index (χ0) is 14.8. The Morgan fingerprint density at radius 2 is 1.95 bits per heavy atom. The van der Waals surface area contributed by atoms with E-state index in [-0.39, 0.29) is 6.09 Å². The van der Waals surface area contributed by atoms with E-state index in [1.165, 1.54) is 5.56 Å². The van der Waals surface area contributed by atoms with Gasteiger partial charge in [-0.05, 0) is 44.9 Å². The summed E-state index contributed by atoms with van der Waals surface area (Å²) in [5.41, 5.74) is 0.757. The summed E-state index contributed by atoms with van der Waals surface area (Å²) in [6.45, 7) is 6.28. The van der Waals surface area contributed by atoms with Gasteiger partial charge in [-0.1, -0.05) is 29.8 Å². The van der Waals surface area contributed by atoms with Crippen LogP contribution in [0.3, 0.4) is 0 Å². The molecule has 4 heteroatoms. The molecule has 1 unspecified atom stereocenters. The first kappa shape index (κ1) is 14.9. The number of benzene rings is 1. The second kappa shape index (κ2) is 5.88. The van der Waals surface area contributed by atoms with E-state index in [4.69, 9.17) is 16.3 Å². The topological polar surface area (TPSA) is 29.5 Å². The standard InChI is InChI=1S/C16H20ClNO2/c1-16(2,3)20-15(19)18-10-8-13(9-11-18)12-4-6-14(17)7-5-12/h4-8,10,13H,9,11H2,1-3H3. The summed E-state index contributed by atoms with van der Waals surface area (Å²) in [4.78, 5) is 13.6. The fraction of sp³-hybridized carbons (Fsp3) is 0.438. The first-order valence-corrected chi connectivity index (χ1v) is 7.16. The normalized spacial score (nSPS) is 19.0. The Morgan fingerprint density at radius 3 is 2.45 bits per heavy atom. The van der Waals surface area contributed by atoms with Crippen molar-refractivity contribution in [2.45, 2.75) is 38.7 Å². The molecule has 0 aromatic heterocycles. The summed E-state index contributed by atoms with van der Waals surface area (Å²) in [5.74, 6) is 0.325. The van der Waals surface area contributed by atoms with E-state index >= 15 is 0 Å². The predicted octanol–water partition coefficient (Wildman–Crippen LogP) is 4.58. The van der Waals surface area contributed by atoms with E-state index < -0.39 is 5.60 Å². The molecule has 20 heavy (non-hydrogen) atoms. The minimum Gasteiger partial charge on any atom is -0.443 e. The van der Waals surface area contributed by atoms with Crippen LogP contribution in [0.15, 0.2) is 36.5 Å². The first-order chi connectivity index (χ1) is 9.35. The van der Waals surface area contributed by atoms with Gasteiger partial charge in [-0.25, -0.2) is 4.79 Å². The van der Waals surface area contributed by atoms with Crippen molar-refractivity contribution in [1.82, 2.24) is 4.90 Å². The minimum atomic E-state index is -0.460. The van der Waals surface area contributed by atoms with Crippen molar-refractivity contribution in [3.8, 4) is 0 Å². The van der Waals surface area contributed by atoms with Crippen LogP contribution in [0.2, 0.25) is 5.02 Å². The third kappa shape index (κ3) is 4.01. The van der Waals surface area contributed by atoms with E-state index in [9.17, 15) is 4.79 Å². The van der Waals surface area contributed by atoms with Crippen molar-refractivity contribution in [3.05, 3.63) is 47.1 Å². The number of nitrogens with zero attached hydrogens (tertiary/aromatic N) is 1. The molecule has 0 saturated carbocycles. The maximum atomic E-state index is 11.9. The highest BCUT2D eigenvalue weighted by Gasteiger charge is 2.24. The van der Waals surface area contributed by atoms with Gasteiger partial charge in [0.1, 0.15) is 5.60 Å². The van der Waals surface area contributed by atoms with Gasteiger partial charge in [0.25, 0.3) is 0 Å². The zero-order valence-corrected chi connectivity index (χ0v) is 12.9. The molecule has 2 rings (SSSR count). The number of amides is 1. The average molecular weight is 294 g/mol. The van der Waals surface area contributed by atoms with Gasteiger partial charge in [0.15, 0.2) is 0 Å². The molecule has 1 amide bonds. The first-order valence-electron chi connectivity index (χ1n) is 6.78. The van der Waals surface area contributed by atoms with E-state index in [0.717, 1.165) is 11.4 Å². The molecule has 0 N–H and O–H groups in total.